The Balaban J connectivity index is 1.63. The number of phenols is 5. The van der Waals surface area contributed by atoms with Crippen molar-refractivity contribution in [3.8, 4) is 39.9 Å². The molecular formula is C30H17ClO9. The van der Waals surface area contributed by atoms with Crippen LogP contribution in [0.1, 0.15) is 74.8 Å². The number of aryl methyl sites for hydroxylation is 2. The van der Waals surface area contributed by atoms with Crippen molar-refractivity contribution < 1.29 is 44.7 Å². The van der Waals surface area contributed by atoms with Gasteiger partial charge in [-0.25, -0.2) is 0 Å². The average molecular weight is 557 g/mol. The van der Waals surface area contributed by atoms with Gasteiger partial charge in [0.1, 0.15) is 33.8 Å². The van der Waals surface area contributed by atoms with Crippen LogP contribution in [0.5, 0.6) is 28.7 Å². The van der Waals surface area contributed by atoms with Crippen molar-refractivity contribution in [1.82, 2.24) is 0 Å². The van der Waals surface area contributed by atoms with Gasteiger partial charge in [0.05, 0.1) is 22.3 Å². The fraction of sp³-hybridized carbons (Fsp3) is 0.0667. The maximum absolute atomic E-state index is 13.5. The molecule has 198 valence electrons. The number of carbonyl (C=O) groups is 4. The number of carbonyl (C=O) groups excluding carboxylic acids is 4. The molecule has 0 aliphatic heterocycles. The number of halogens is 1. The van der Waals surface area contributed by atoms with Gasteiger partial charge in [-0.05, 0) is 49.2 Å². The van der Waals surface area contributed by atoms with Crippen LogP contribution < -0.4 is 0 Å². The smallest absolute Gasteiger partial charge is 0.202 e. The van der Waals surface area contributed by atoms with Crippen LogP contribution in [0.4, 0.5) is 0 Å². The maximum atomic E-state index is 13.5. The molecule has 0 bridgehead atoms. The molecule has 0 fully saturated rings. The molecule has 0 unspecified atom stereocenters. The number of fused-ring (bicyclic) bond motifs is 4. The lowest BCUT2D eigenvalue weighted by molar-refractivity contribution is 0.0973. The summed E-state index contributed by atoms with van der Waals surface area (Å²) < 4.78 is 0. The summed E-state index contributed by atoms with van der Waals surface area (Å²) in [6.45, 7) is 3.03. The van der Waals surface area contributed by atoms with Crippen molar-refractivity contribution in [3.63, 3.8) is 0 Å². The summed E-state index contributed by atoms with van der Waals surface area (Å²) in [5, 5.41) is 53.1. The van der Waals surface area contributed by atoms with E-state index in [-0.39, 0.29) is 55.6 Å². The first-order valence-corrected chi connectivity index (χ1v) is 12.2. The van der Waals surface area contributed by atoms with Gasteiger partial charge in [-0.2, -0.15) is 0 Å². The Morgan fingerprint density at radius 2 is 0.950 bits per heavy atom. The number of benzene rings is 4. The van der Waals surface area contributed by atoms with Gasteiger partial charge in [0.25, 0.3) is 0 Å². The minimum atomic E-state index is -0.956. The normalized spacial score (nSPS) is 13.6. The zero-order valence-corrected chi connectivity index (χ0v) is 21.5. The molecule has 4 aromatic rings. The van der Waals surface area contributed by atoms with Crippen molar-refractivity contribution >= 4 is 34.7 Å². The average Bonchev–Trinajstić information content (AvgIpc) is 2.89. The molecular weight excluding hydrogens is 540 g/mol. The van der Waals surface area contributed by atoms with Crippen LogP contribution in [-0.2, 0) is 0 Å². The van der Waals surface area contributed by atoms with Crippen molar-refractivity contribution in [3.05, 3.63) is 97.1 Å². The van der Waals surface area contributed by atoms with E-state index in [0.29, 0.717) is 0 Å². The molecule has 0 amide bonds. The highest BCUT2D eigenvalue weighted by Gasteiger charge is 2.40. The van der Waals surface area contributed by atoms with Gasteiger partial charge >= 0.3 is 0 Å². The lowest BCUT2D eigenvalue weighted by Gasteiger charge is -2.25. The third kappa shape index (κ3) is 3.03. The summed E-state index contributed by atoms with van der Waals surface area (Å²) in [5.41, 5.74) is -1.94. The quantitative estimate of drug-likeness (QED) is 0.192. The molecule has 2 aliphatic carbocycles. The van der Waals surface area contributed by atoms with E-state index in [1.165, 1.54) is 44.2 Å². The van der Waals surface area contributed by atoms with E-state index in [2.05, 4.69) is 0 Å². The third-order valence-electron chi connectivity index (χ3n) is 7.40. The highest BCUT2D eigenvalue weighted by molar-refractivity contribution is 6.37. The standard InChI is InChI=1S/C30H17ClO9/c1-9-6-12-20(28(38)19-11(24(12)34)4-3-5-15(19)32)26(36)17(9)18-10(2)7-13-21(27(18)37)29(39)22-14(25(13)35)8-16(33)23(31)30(22)40/h3-8,32-33,36-37,40H,1-2H3. The summed E-state index contributed by atoms with van der Waals surface area (Å²) in [5.74, 6) is -6.38. The summed E-state index contributed by atoms with van der Waals surface area (Å²) >= 11 is 5.89. The highest BCUT2D eigenvalue weighted by atomic mass is 35.5. The predicted molar refractivity (Wildman–Crippen MR) is 141 cm³/mol. The van der Waals surface area contributed by atoms with E-state index in [1.54, 1.807) is 0 Å². The molecule has 4 aromatic carbocycles. The second-order valence-corrected chi connectivity index (χ2v) is 10.1. The molecule has 0 saturated carbocycles. The molecule has 0 saturated heterocycles. The Kier molecular flexibility index (Phi) is 5.14. The number of hydrogen-bond acceptors (Lipinski definition) is 9. The number of aromatic hydroxyl groups is 5. The lowest BCUT2D eigenvalue weighted by Crippen LogP contribution is -2.23. The van der Waals surface area contributed by atoms with Gasteiger partial charge in [-0.1, -0.05) is 23.7 Å². The Hall–Kier alpha value is -5.15. The number of phenolic OH excluding ortho intramolecular Hbond substituents is 5. The van der Waals surface area contributed by atoms with E-state index in [9.17, 15) is 44.7 Å². The minimum absolute atomic E-state index is 0.0239. The second kappa shape index (κ2) is 8.17. The minimum Gasteiger partial charge on any atom is -0.507 e. The van der Waals surface area contributed by atoms with Gasteiger partial charge < -0.3 is 25.5 Å². The van der Waals surface area contributed by atoms with Crippen molar-refractivity contribution in [2.24, 2.45) is 0 Å². The molecule has 9 nitrogen and oxygen atoms in total. The van der Waals surface area contributed by atoms with E-state index >= 15 is 0 Å². The van der Waals surface area contributed by atoms with E-state index in [0.717, 1.165) is 6.07 Å². The Bertz CT molecular complexity index is 1950. The summed E-state index contributed by atoms with van der Waals surface area (Å²) in [4.78, 5) is 53.4. The van der Waals surface area contributed by atoms with Crippen molar-refractivity contribution in [2.45, 2.75) is 13.8 Å². The summed E-state index contributed by atoms with van der Waals surface area (Å²) in [6.07, 6.45) is 0. The topological polar surface area (TPSA) is 169 Å². The van der Waals surface area contributed by atoms with E-state index in [1.807, 2.05) is 0 Å². The zero-order valence-electron chi connectivity index (χ0n) is 20.7. The maximum Gasteiger partial charge on any atom is 0.202 e. The molecule has 0 radical (unpaired) electrons. The monoisotopic (exact) mass is 556 g/mol. The van der Waals surface area contributed by atoms with Gasteiger partial charge in [0, 0.05) is 33.4 Å². The van der Waals surface area contributed by atoms with Crippen LogP contribution >= 0.6 is 11.6 Å². The molecule has 0 spiro atoms. The molecule has 5 N–H and O–H groups in total. The SMILES string of the molecule is Cc1cc2c(c(O)c1-c1c(C)cc3c(c1O)C(=O)c1c(cc(O)c(Cl)c1O)C3=O)C(=O)c1c(O)cccc1C2=O. The van der Waals surface area contributed by atoms with Crippen LogP contribution in [0.3, 0.4) is 0 Å². The first-order valence-electron chi connectivity index (χ1n) is 11.8. The van der Waals surface area contributed by atoms with Crippen LogP contribution in [-0.4, -0.2) is 48.7 Å². The summed E-state index contributed by atoms with van der Waals surface area (Å²) in [6, 6.07) is 7.68. The van der Waals surface area contributed by atoms with Crippen molar-refractivity contribution in [1.29, 1.82) is 0 Å². The fourth-order valence-electron chi connectivity index (χ4n) is 5.60. The largest absolute Gasteiger partial charge is 0.507 e. The molecule has 0 aromatic heterocycles. The van der Waals surface area contributed by atoms with Crippen molar-refractivity contribution in [2.75, 3.05) is 0 Å². The molecule has 6 rings (SSSR count). The molecule has 10 heteroatoms. The van der Waals surface area contributed by atoms with Gasteiger partial charge in [-0.15, -0.1) is 0 Å². The van der Waals surface area contributed by atoms with Gasteiger partial charge in [0.2, 0.25) is 11.6 Å². The van der Waals surface area contributed by atoms with Crippen LogP contribution in [0.15, 0.2) is 36.4 Å². The number of hydrogen-bond donors (Lipinski definition) is 5. The molecule has 2 aliphatic rings. The molecule has 40 heavy (non-hydrogen) atoms. The first kappa shape index (κ1) is 25.1. The third-order valence-corrected chi connectivity index (χ3v) is 7.77. The molecule has 0 heterocycles. The highest BCUT2D eigenvalue weighted by Crippen LogP contribution is 2.50. The lowest BCUT2D eigenvalue weighted by atomic mass is 9.77. The zero-order chi connectivity index (χ0) is 28.9. The van der Waals surface area contributed by atoms with E-state index in [4.69, 9.17) is 11.6 Å². The van der Waals surface area contributed by atoms with Gasteiger partial charge in [0.15, 0.2) is 11.6 Å². The van der Waals surface area contributed by atoms with Crippen LogP contribution in [0.2, 0.25) is 5.02 Å². The number of ketones is 4. The number of rotatable bonds is 1. The fourth-order valence-corrected chi connectivity index (χ4v) is 5.75. The Morgan fingerprint density at radius 1 is 0.500 bits per heavy atom. The predicted octanol–water partition coefficient (Wildman–Crippen LogP) is 4.70. The van der Waals surface area contributed by atoms with E-state index < -0.39 is 68.0 Å². The van der Waals surface area contributed by atoms with Gasteiger partial charge in [-0.3, -0.25) is 19.2 Å². The Morgan fingerprint density at radius 3 is 1.50 bits per heavy atom. The van der Waals surface area contributed by atoms with Crippen LogP contribution in [0, 0.1) is 13.8 Å². The summed E-state index contributed by atoms with van der Waals surface area (Å²) in [7, 11) is 0. The Labute approximate surface area is 230 Å². The molecule has 0 atom stereocenters. The van der Waals surface area contributed by atoms with Crippen LogP contribution in [0.25, 0.3) is 11.1 Å². The second-order valence-electron chi connectivity index (χ2n) is 9.68. The first-order chi connectivity index (χ1) is 18.9.